The van der Waals surface area contributed by atoms with Crippen LogP contribution in [0.2, 0.25) is 0 Å². The van der Waals surface area contributed by atoms with E-state index in [1.54, 1.807) is 6.08 Å². The first-order valence-electron chi connectivity index (χ1n) is 6.48. The van der Waals surface area contributed by atoms with Crippen LogP contribution in [0.5, 0.6) is 0 Å². The number of rotatable bonds is 4. The Balaban J connectivity index is 2.27. The minimum Gasteiger partial charge on any atom is -0.478 e. The Morgan fingerprint density at radius 3 is 2.33 bits per heavy atom. The van der Waals surface area contributed by atoms with Crippen LogP contribution < -0.4 is 4.90 Å². The van der Waals surface area contributed by atoms with Gasteiger partial charge in [-0.2, -0.15) is 0 Å². The zero-order chi connectivity index (χ0) is 15.4. The molecule has 2 aromatic rings. The number of hydrogen-bond donors (Lipinski definition) is 1. The number of aliphatic carboxylic acids is 1. The highest BCUT2D eigenvalue weighted by Gasteiger charge is 2.06. The lowest BCUT2D eigenvalue weighted by molar-refractivity contribution is -0.131. The van der Waals surface area contributed by atoms with Crippen LogP contribution in [0.1, 0.15) is 11.1 Å². The van der Waals surface area contributed by atoms with Crippen LogP contribution >= 0.6 is 15.9 Å². The van der Waals surface area contributed by atoms with Gasteiger partial charge in [0.2, 0.25) is 0 Å². The molecule has 21 heavy (non-hydrogen) atoms. The molecule has 0 aromatic heterocycles. The van der Waals surface area contributed by atoms with Crippen molar-refractivity contribution >= 4 is 39.4 Å². The summed E-state index contributed by atoms with van der Waals surface area (Å²) in [6.07, 6.45) is 2.70. The van der Waals surface area contributed by atoms with E-state index in [4.69, 9.17) is 5.11 Å². The third-order valence-corrected chi connectivity index (χ3v) is 3.88. The third-order valence-electron chi connectivity index (χ3n) is 3.20. The van der Waals surface area contributed by atoms with E-state index >= 15 is 0 Å². The fourth-order valence-electron chi connectivity index (χ4n) is 1.94. The Kier molecular flexibility index (Phi) is 4.81. The summed E-state index contributed by atoms with van der Waals surface area (Å²) in [4.78, 5) is 12.6. The molecule has 0 aliphatic rings. The Hall–Kier alpha value is -2.07. The summed E-state index contributed by atoms with van der Waals surface area (Å²) in [5.74, 6) is -0.956. The number of carboxylic acids is 1. The van der Waals surface area contributed by atoms with E-state index in [2.05, 4.69) is 52.0 Å². The van der Waals surface area contributed by atoms with Crippen molar-refractivity contribution < 1.29 is 9.90 Å². The largest absolute Gasteiger partial charge is 0.478 e. The fourth-order valence-corrected chi connectivity index (χ4v) is 2.44. The lowest BCUT2D eigenvalue weighted by atomic mass is 10.1. The number of carboxylic acid groups (broad SMARTS) is 1. The predicted molar refractivity (Wildman–Crippen MR) is 90.1 cm³/mol. The Morgan fingerprint density at radius 2 is 1.76 bits per heavy atom. The van der Waals surface area contributed by atoms with E-state index in [1.165, 1.54) is 5.56 Å². The average molecular weight is 346 g/mol. The number of benzene rings is 2. The van der Waals surface area contributed by atoms with Crippen molar-refractivity contribution in [2.45, 2.75) is 6.92 Å². The highest BCUT2D eigenvalue weighted by Crippen LogP contribution is 2.29. The van der Waals surface area contributed by atoms with E-state index in [9.17, 15) is 4.79 Å². The molecule has 0 fully saturated rings. The smallest absolute Gasteiger partial charge is 0.328 e. The summed E-state index contributed by atoms with van der Waals surface area (Å²) >= 11 is 3.48. The van der Waals surface area contributed by atoms with Crippen LogP contribution in [0.25, 0.3) is 6.08 Å². The summed E-state index contributed by atoms with van der Waals surface area (Å²) in [5, 5.41) is 8.67. The molecular weight excluding hydrogens is 330 g/mol. The van der Waals surface area contributed by atoms with Crippen molar-refractivity contribution in [3.05, 3.63) is 64.1 Å². The van der Waals surface area contributed by atoms with Gasteiger partial charge in [0.05, 0.1) is 0 Å². The zero-order valence-corrected chi connectivity index (χ0v) is 13.5. The molecule has 0 atom stereocenters. The van der Waals surface area contributed by atoms with Gasteiger partial charge < -0.3 is 10.0 Å². The second-order valence-corrected chi connectivity index (χ2v) is 5.63. The number of hydrogen-bond acceptors (Lipinski definition) is 2. The summed E-state index contributed by atoms with van der Waals surface area (Å²) < 4.78 is 0.858. The number of halogens is 1. The maximum atomic E-state index is 10.6. The van der Waals surface area contributed by atoms with Crippen molar-refractivity contribution in [3.8, 4) is 0 Å². The Labute approximate surface area is 132 Å². The summed E-state index contributed by atoms with van der Waals surface area (Å²) in [6, 6.07) is 14.1. The maximum Gasteiger partial charge on any atom is 0.328 e. The molecule has 0 radical (unpaired) electrons. The molecule has 2 aromatic carbocycles. The summed E-state index contributed by atoms with van der Waals surface area (Å²) in [5.41, 5.74) is 4.18. The first kappa shape index (κ1) is 15.3. The minimum atomic E-state index is -0.956. The Morgan fingerprint density at radius 1 is 1.14 bits per heavy atom. The predicted octanol–water partition coefficient (Wildman–Crippen LogP) is 4.62. The summed E-state index contributed by atoms with van der Waals surface area (Å²) in [7, 11) is 2.00. The molecule has 4 heteroatoms. The second kappa shape index (κ2) is 6.59. The van der Waals surface area contributed by atoms with Crippen molar-refractivity contribution in [2.24, 2.45) is 0 Å². The van der Waals surface area contributed by atoms with E-state index in [1.807, 2.05) is 25.2 Å². The Bertz CT molecular complexity index is 678. The SMILES string of the molecule is Cc1ccc(N(C)c2ccc(/C=C/C(=O)O)c(Br)c2)cc1. The highest BCUT2D eigenvalue weighted by molar-refractivity contribution is 9.10. The topological polar surface area (TPSA) is 40.5 Å². The molecule has 2 rings (SSSR count). The summed E-state index contributed by atoms with van der Waals surface area (Å²) in [6.45, 7) is 2.06. The van der Waals surface area contributed by atoms with Gasteiger partial charge in [-0.05, 0) is 42.8 Å². The second-order valence-electron chi connectivity index (χ2n) is 4.77. The van der Waals surface area contributed by atoms with Gasteiger partial charge in [0.1, 0.15) is 0 Å². The average Bonchev–Trinajstić information content (AvgIpc) is 2.46. The number of carbonyl (C=O) groups is 1. The third kappa shape index (κ3) is 3.95. The van der Waals surface area contributed by atoms with E-state index in [0.29, 0.717) is 0 Å². The van der Waals surface area contributed by atoms with Gasteiger partial charge >= 0.3 is 5.97 Å². The highest BCUT2D eigenvalue weighted by atomic mass is 79.9. The van der Waals surface area contributed by atoms with Crippen LogP contribution in [-0.2, 0) is 4.79 Å². The van der Waals surface area contributed by atoms with Crippen molar-refractivity contribution in [3.63, 3.8) is 0 Å². The minimum absolute atomic E-state index is 0.832. The van der Waals surface area contributed by atoms with E-state index < -0.39 is 5.97 Å². The number of aryl methyl sites for hydroxylation is 1. The van der Waals surface area contributed by atoms with Gasteiger partial charge in [0, 0.05) is 29.0 Å². The van der Waals surface area contributed by atoms with Crippen molar-refractivity contribution in [1.29, 1.82) is 0 Å². The van der Waals surface area contributed by atoms with Gasteiger partial charge in [-0.1, -0.05) is 39.7 Å². The molecule has 1 N–H and O–H groups in total. The molecule has 0 aliphatic carbocycles. The number of anilines is 2. The lowest BCUT2D eigenvalue weighted by Gasteiger charge is -2.20. The van der Waals surface area contributed by atoms with Crippen molar-refractivity contribution in [2.75, 3.05) is 11.9 Å². The van der Waals surface area contributed by atoms with Crippen LogP contribution in [0.4, 0.5) is 11.4 Å². The molecule has 3 nitrogen and oxygen atoms in total. The normalized spacial score (nSPS) is 10.8. The van der Waals surface area contributed by atoms with Crippen LogP contribution in [0, 0.1) is 6.92 Å². The zero-order valence-electron chi connectivity index (χ0n) is 11.9. The lowest BCUT2D eigenvalue weighted by Crippen LogP contribution is -2.09. The van der Waals surface area contributed by atoms with E-state index in [-0.39, 0.29) is 0 Å². The molecule has 108 valence electrons. The molecule has 0 amide bonds. The first-order chi connectivity index (χ1) is 9.97. The monoisotopic (exact) mass is 345 g/mol. The molecule has 0 saturated heterocycles. The standard InChI is InChI=1S/C17H16BrNO2/c1-12-3-7-14(8-4-12)19(2)15-9-5-13(16(18)11-15)6-10-17(20)21/h3-11H,1-2H3,(H,20,21)/b10-6+. The van der Waals surface area contributed by atoms with E-state index in [0.717, 1.165) is 27.5 Å². The van der Waals surface area contributed by atoms with Gasteiger partial charge in [0.25, 0.3) is 0 Å². The molecule has 0 spiro atoms. The first-order valence-corrected chi connectivity index (χ1v) is 7.27. The van der Waals surface area contributed by atoms with Gasteiger partial charge in [-0.25, -0.2) is 4.79 Å². The van der Waals surface area contributed by atoms with Crippen LogP contribution in [0.15, 0.2) is 53.0 Å². The van der Waals surface area contributed by atoms with Gasteiger partial charge in [0.15, 0.2) is 0 Å². The molecule has 0 heterocycles. The molecule has 0 bridgehead atoms. The van der Waals surface area contributed by atoms with Crippen LogP contribution in [0.3, 0.4) is 0 Å². The van der Waals surface area contributed by atoms with Crippen LogP contribution in [-0.4, -0.2) is 18.1 Å². The molecule has 0 aliphatic heterocycles. The maximum absolute atomic E-state index is 10.6. The van der Waals surface area contributed by atoms with Gasteiger partial charge in [-0.3, -0.25) is 0 Å². The van der Waals surface area contributed by atoms with Gasteiger partial charge in [-0.15, -0.1) is 0 Å². The molecule has 0 saturated carbocycles. The fraction of sp³-hybridized carbons (Fsp3) is 0.118. The number of nitrogens with zero attached hydrogens (tertiary/aromatic N) is 1. The molecule has 0 unspecified atom stereocenters. The van der Waals surface area contributed by atoms with Crippen molar-refractivity contribution in [1.82, 2.24) is 0 Å². The quantitative estimate of drug-likeness (QED) is 0.821. The molecular formula is C17H16BrNO2.